The number of ether oxygens (including phenoxy) is 16. The van der Waals surface area contributed by atoms with E-state index in [0.717, 1.165) is 32.1 Å². The molecular formula is C43H84O20. The quantitative estimate of drug-likeness (QED) is 0.0503. The summed E-state index contributed by atoms with van der Waals surface area (Å²) in [6, 6.07) is 0. The minimum absolute atomic E-state index is 0.00614. The van der Waals surface area contributed by atoms with Gasteiger partial charge >= 0.3 is 11.9 Å². The SMILES string of the molecule is CCCCCCCCC(C(=O)OCCOCCOCCOCCOCCOCCOCCOCCO)C(=O)OCCOCCOCCOCCOCCOCCOCCOCCO. The van der Waals surface area contributed by atoms with Crippen molar-refractivity contribution in [2.45, 2.75) is 51.9 Å². The van der Waals surface area contributed by atoms with E-state index in [1.807, 2.05) is 0 Å². The maximum absolute atomic E-state index is 12.9. The van der Waals surface area contributed by atoms with Crippen LogP contribution in [-0.2, 0) is 85.4 Å². The van der Waals surface area contributed by atoms with E-state index >= 15 is 0 Å². The van der Waals surface area contributed by atoms with E-state index in [0.29, 0.717) is 178 Å². The highest BCUT2D eigenvalue weighted by Crippen LogP contribution is 2.16. The van der Waals surface area contributed by atoms with Crippen molar-refractivity contribution in [3.63, 3.8) is 0 Å². The van der Waals surface area contributed by atoms with Crippen molar-refractivity contribution < 1.29 is 95.6 Å². The highest BCUT2D eigenvalue weighted by Gasteiger charge is 2.29. The highest BCUT2D eigenvalue weighted by atomic mass is 16.6. The van der Waals surface area contributed by atoms with Gasteiger partial charge in [0.2, 0.25) is 0 Å². The summed E-state index contributed by atoms with van der Waals surface area (Å²) in [6.45, 7) is 13.6. The van der Waals surface area contributed by atoms with Crippen LogP contribution in [0, 0.1) is 5.92 Å². The van der Waals surface area contributed by atoms with Gasteiger partial charge in [-0.1, -0.05) is 45.4 Å². The van der Waals surface area contributed by atoms with Gasteiger partial charge in [-0.25, -0.2) is 0 Å². The third-order valence-corrected chi connectivity index (χ3v) is 8.29. The van der Waals surface area contributed by atoms with Crippen molar-refractivity contribution in [3.05, 3.63) is 0 Å². The average Bonchev–Trinajstić information content (AvgIpc) is 3.29. The maximum atomic E-state index is 12.9. The Morgan fingerprint density at radius 3 is 0.746 bits per heavy atom. The predicted octanol–water partition coefficient (Wildman–Crippen LogP) is 1.66. The van der Waals surface area contributed by atoms with Crippen LogP contribution in [-0.4, -0.2) is 234 Å². The molecule has 0 atom stereocenters. The molecule has 0 radical (unpaired) electrons. The molecule has 63 heavy (non-hydrogen) atoms. The third kappa shape index (κ3) is 49.6. The van der Waals surface area contributed by atoms with E-state index in [1.54, 1.807) is 0 Å². The number of hydrogen-bond donors (Lipinski definition) is 2. The summed E-state index contributed by atoms with van der Waals surface area (Å²) in [5.41, 5.74) is 0. The lowest BCUT2D eigenvalue weighted by atomic mass is 10.0. The fourth-order valence-electron chi connectivity index (χ4n) is 5.04. The lowest BCUT2D eigenvalue weighted by Crippen LogP contribution is -2.30. The van der Waals surface area contributed by atoms with Crippen LogP contribution >= 0.6 is 0 Å². The summed E-state index contributed by atoms with van der Waals surface area (Å²) in [5, 5.41) is 17.2. The molecule has 0 rings (SSSR count). The summed E-state index contributed by atoms with van der Waals surface area (Å²) < 4.78 is 86.4. The summed E-state index contributed by atoms with van der Waals surface area (Å²) >= 11 is 0. The Morgan fingerprint density at radius 2 is 0.508 bits per heavy atom. The largest absolute Gasteiger partial charge is 0.463 e. The molecule has 0 aliphatic rings. The first kappa shape index (κ1) is 61.3. The smallest absolute Gasteiger partial charge is 0.320 e. The van der Waals surface area contributed by atoms with E-state index in [9.17, 15) is 9.59 Å². The molecule has 0 saturated heterocycles. The second kappa shape index (κ2) is 54.6. The summed E-state index contributed by atoms with van der Waals surface area (Å²) in [6.07, 6.45) is 6.50. The Hall–Kier alpha value is -1.70. The Morgan fingerprint density at radius 1 is 0.302 bits per heavy atom. The summed E-state index contributed by atoms with van der Waals surface area (Å²) in [7, 11) is 0. The second-order valence-corrected chi connectivity index (χ2v) is 13.5. The van der Waals surface area contributed by atoms with Gasteiger partial charge in [0, 0.05) is 0 Å². The first-order valence-electron chi connectivity index (χ1n) is 22.8. The highest BCUT2D eigenvalue weighted by molar-refractivity contribution is 5.94. The van der Waals surface area contributed by atoms with Gasteiger partial charge < -0.3 is 86.0 Å². The second-order valence-electron chi connectivity index (χ2n) is 13.5. The Bertz CT molecular complexity index is 845. The fourth-order valence-corrected chi connectivity index (χ4v) is 5.04. The number of carbonyl (C=O) groups is 2. The number of esters is 2. The predicted molar refractivity (Wildman–Crippen MR) is 229 cm³/mol. The van der Waals surface area contributed by atoms with Crippen LogP contribution in [0.1, 0.15) is 51.9 Å². The van der Waals surface area contributed by atoms with E-state index < -0.39 is 17.9 Å². The van der Waals surface area contributed by atoms with Gasteiger partial charge in [0.15, 0.2) is 5.92 Å². The topological polar surface area (TPSA) is 222 Å². The molecule has 0 heterocycles. The maximum Gasteiger partial charge on any atom is 0.320 e. The van der Waals surface area contributed by atoms with Gasteiger partial charge in [-0.3, -0.25) is 9.59 Å². The third-order valence-electron chi connectivity index (χ3n) is 8.29. The lowest BCUT2D eigenvalue weighted by molar-refractivity contribution is -0.164. The number of aliphatic hydroxyl groups excluding tert-OH is 2. The van der Waals surface area contributed by atoms with E-state index in [4.69, 9.17) is 86.0 Å². The standard InChI is InChI=1S/C43H84O20/c1-2-3-4-5-6-7-8-41(42(46)62-39-37-60-35-33-58-31-29-56-27-25-54-23-21-52-19-17-50-15-13-48-11-9-44)43(47)63-40-38-61-36-34-59-32-30-57-28-26-55-24-22-53-20-18-51-16-14-49-12-10-45/h41,44-45H,2-40H2,1H3. The molecule has 0 fully saturated rings. The van der Waals surface area contributed by atoms with Crippen molar-refractivity contribution in [2.24, 2.45) is 5.92 Å². The molecule has 0 aromatic carbocycles. The Kier molecular flexibility index (Phi) is 53.2. The molecule has 0 aliphatic carbocycles. The molecule has 0 unspecified atom stereocenters. The molecule has 0 aliphatic heterocycles. The molecule has 20 nitrogen and oxygen atoms in total. The molecule has 20 heteroatoms. The molecule has 0 amide bonds. The molecular weight excluding hydrogens is 836 g/mol. The molecule has 0 spiro atoms. The molecule has 2 N–H and O–H groups in total. The van der Waals surface area contributed by atoms with Crippen LogP contribution in [0.5, 0.6) is 0 Å². The van der Waals surface area contributed by atoms with Gasteiger partial charge in [0.05, 0.1) is 198 Å². The minimum atomic E-state index is -0.999. The average molecular weight is 921 g/mol. The minimum Gasteiger partial charge on any atom is -0.463 e. The van der Waals surface area contributed by atoms with Crippen molar-refractivity contribution in [1.82, 2.24) is 0 Å². The first-order valence-corrected chi connectivity index (χ1v) is 22.8. The Balaban J connectivity index is 3.82. The van der Waals surface area contributed by atoms with Gasteiger partial charge in [-0.2, -0.15) is 0 Å². The molecule has 0 saturated carbocycles. The molecule has 0 aromatic rings. The van der Waals surface area contributed by atoms with Crippen molar-refractivity contribution >= 4 is 11.9 Å². The van der Waals surface area contributed by atoms with E-state index in [-0.39, 0.29) is 39.6 Å². The monoisotopic (exact) mass is 921 g/mol. The number of aliphatic hydroxyl groups is 2. The zero-order chi connectivity index (χ0) is 45.6. The van der Waals surface area contributed by atoms with Gasteiger partial charge in [0.25, 0.3) is 0 Å². The summed E-state index contributed by atoms with van der Waals surface area (Å²) in [4.78, 5) is 25.7. The van der Waals surface area contributed by atoms with Crippen LogP contribution < -0.4 is 0 Å². The number of rotatable bonds is 55. The number of hydrogen-bond acceptors (Lipinski definition) is 20. The lowest BCUT2D eigenvalue weighted by Gasteiger charge is -2.16. The fraction of sp³-hybridized carbons (Fsp3) is 0.953. The van der Waals surface area contributed by atoms with Crippen LogP contribution in [0.25, 0.3) is 0 Å². The van der Waals surface area contributed by atoms with Crippen LogP contribution in [0.4, 0.5) is 0 Å². The van der Waals surface area contributed by atoms with Crippen LogP contribution in [0.15, 0.2) is 0 Å². The van der Waals surface area contributed by atoms with Crippen molar-refractivity contribution in [1.29, 1.82) is 0 Å². The number of unbranched alkanes of at least 4 members (excludes halogenated alkanes) is 5. The van der Waals surface area contributed by atoms with E-state index in [2.05, 4.69) is 6.92 Å². The van der Waals surface area contributed by atoms with Crippen LogP contribution in [0.2, 0.25) is 0 Å². The van der Waals surface area contributed by atoms with Crippen molar-refractivity contribution in [3.8, 4) is 0 Å². The molecule has 0 aromatic heterocycles. The normalized spacial score (nSPS) is 11.6. The van der Waals surface area contributed by atoms with Crippen molar-refractivity contribution in [2.75, 3.05) is 211 Å². The zero-order valence-corrected chi connectivity index (χ0v) is 38.4. The number of carbonyl (C=O) groups excluding carboxylic acids is 2. The van der Waals surface area contributed by atoms with Gasteiger partial charge in [-0.15, -0.1) is 0 Å². The zero-order valence-electron chi connectivity index (χ0n) is 38.4. The summed E-state index contributed by atoms with van der Waals surface area (Å²) in [5.74, 6) is -2.23. The van der Waals surface area contributed by atoms with E-state index in [1.165, 1.54) is 6.42 Å². The first-order chi connectivity index (χ1) is 31.2. The van der Waals surface area contributed by atoms with Crippen LogP contribution in [0.3, 0.4) is 0 Å². The van der Waals surface area contributed by atoms with Gasteiger partial charge in [0.1, 0.15) is 13.2 Å². The molecule has 0 bridgehead atoms. The molecule has 376 valence electrons. The van der Waals surface area contributed by atoms with Gasteiger partial charge in [-0.05, 0) is 6.42 Å². The Labute approximate surface area is 376 Å².